The summed E-state index contributed by atoms with van der Waals surface area (Å²) < 4.78 is 71.2. The van der Waals surface area contributed by atoms with E-state index in [9.17, 15) is 83.4 Å². The van der Waals surface area contributed by atoms with Crippen LogP contribution in [0.5, 0.6) is 5.75 Å². The number of nitrogens with one attached hydrogen (secondary N) is 2. The number of nitro groups is 1. The van der Waals surface area contributed by atoms with Gasteiger partial charge in [0.25, 0.3) is 0 Å². The Morgan fingerprint density at radius 2 is 1.49 bits per heavy atom. The second-order valence-corrected chi connectivity index (χ2v) is 14.6. The van der Waals surface area contributed by atoms with Crippen molar-refractivity contribution in [2.24, 2.45) is 0 Å². The standard InChI is InChI=1S/C31H45N3O24S.2Na/c1-11(36)32-19-14(38)7-31(30(45)46,58-27(19)21(40)15(39)8-35)52-9-17-23(42)26(57-29-25(44)24(43)22(41)18(56-29)10-53-59(49,50)51)20(33-12(2)37)28(55-17)54-16-6-4-3-5-13(16)34(47)48;;/h3-6,14-15,17-29,35,38-44H,7-10H2,1-2H3,(H,32,36)(H,33,37)(H,45,46)(H,49,50,51);;/q;2*+1/p-2. The summed E-state index contributed by atoms with van der Waals surface area (Å²) >= 11 is 0. The van der Waals surface area contributed by atoms with Crippen LogP contribution in [-0.2, 0) is 52.7 Å². The van der Waals surface area contributed by atoms with Crippen molar-refractivity contribution in [1.82, 2.24) is 10.6 Å². The van der Waals surface area contributed by atoms with Crippen molar-refractivity contribution < 1.29 is 170 Å². The van der Waals surface area contributed by atoms with Crippen LogP contribution in [0.4, 0.5) is 5.69 Å². The van der Waals surface area contributed by atoms with Gasteiger partial charge < -0.3 is 94.4 Å². The van der Waals surface area contributed by atoms with Crippen molar-refractivity contribution in [3.8, 4) is 5.75 Å². The van der Waals surface area contributed by atoms with Gasteiger partial charge in [-0.15, -0.1) is 0 Å². The number of para-hydroxylation sites is 2. The molecular formula is C31H43N3Na2O24S. The van der Waals surface area contributed by atoms with Crippen molar-refractivity contribution in [2.45, 2.75) is 118 Å². The van der Waals surface area contributed by atoms with E-state index in [1.54, 1.807) is 0 Å². The minimum absolute atomic E-state index is 0. The molecule has 0 spiro atoms. The van der Waals surface area contributed by atoms with Crippen molar-refractivity contribution in [1.29, 1.82) is 0 Å². The first-order valence-electron chi connectivity index (χ1n) is 17.4. The molecule has 1 aromatic carbocycles. The SMILES string of the molecule is CC(=O)NC1C(O)CC(OCC2OC(Oc3ccccc3[N+](=O)[O-])C(NC(C)=O)C(OC3OC(COS(=O)(=O)[O-])C(O)C(O)C3O)C2O)(C(=O)[O-])OC1C(O)C(O)CO.[Na+].[Na+]. The molecule has 16 atom stereocenters. The number of hydrogen-bond acceptors (Lipinski definition) is 24. The number of carboxylic acids is 1. The molecule has 3 aliphatic rings. The van der Waals surface area contributed by atoms with Crippen molar-refractivity contribution in [3.63, 3.8) is 0 Å². The molecule has 3 aliphatic heterocycles. The number of benzene rings is 1. The summed E-state index contributed by atoms with van der Waals surface area (Å²) in [6.45, 7) is -1.55. The van der Waals surface area contributed by atoms with Gasteiger partial charge in [-0.1, -0.05) is 12.1 Å². The van der Waals surface area contributed by atoms with Gasteiger partial charge >= 0.3 is 64.8 Å². The average molecular weight is 920 g/mol. The summed E-state index contributed by atoms with van der Waals surface area (Å²) in [6.07, 6.45) is -28.1. The Hall–Kier alpha value is -1.82. The molecule has 334 valence electrons. The van der Waals surface area contributed by atoms with Gasteiger partial charge in [0.15, 0.2) is 12.0 Å². The van der Waals surface area contributed by atoms with Crippen LogP contribution < -0.4 is 79.6 Å². The third-order valence-electron chi connectivity index (χ3n) is 9.34. The molecule has 0 saturated carbocycles. The van der Waals surface area contributed by atoms with Crippen LogP contribution in [0.2, 0.25) is 0 Å². The van der Waals surface area contributed by atoms with E-state index in [1.165, 1.54) is 12.1 Å². The fourth-order valence-electron chi connectivity index (χ4n) is 6.49. The van der Waals surface area contributed by atoms with Gasteiger partial charge in [-0.3, -0.25) is 23.9 Å². The van der Waals surface area contributed by atoms with E-state index in [-0.39, 0.29) is 59.1 Å². The fourth-order valence-corrected chi connectivity index (χ4v) is 6.80. The number of carbonyl (C=O) groups is 3. The van der Waals surface area contributed by atoms with Crippen molar-refractivity contribution >= 4 is 33.9 Å². The van der Waals surface area contributed by atoms with E-state index >= 15 is 0 Å². The van der Waals surface area contributed by atoms with Crippen molar-refractivity contribution in [3.05, 3.63) is 34.4 Å². The predicted molar refractivity (Wildman–Crippen MR) is 179 cm³/mol. The maximum Gasteiger partial charge on any atom is 1.00 e. The van der Waals surface area contributed by atoms with E-state index in [0.717, 1.165) is 26.0 Å². The van der Waals surface area contributed by atoms with E-state index in [0.29, 0.717) is 0 Å². The molecule has 10 N–H and O–H groups in total. The van der Waals surface area contributed by atoms with Crippen molar-refractivity contribution in [2.75, 3.05) is 19.8 Å². The fraction of sp³-hybridized carbons (Fsp3) is 0.710. The van der Waals surface area contributed by atoms with Gasteiger partial charge in [-0.2, -0.15) is 0 Å². The monoisotopic (exact) mass is 919 g/mol. The zero-order valence-corrected chi connectivity index (χ0v) is 37.6. The maximum atomic E-state index is 12.7. The first-order valence-corrected chi connectivity index (χ1v) is 18.7. The van der Waals surface area contributed by atoms with Crippen LogP contribution in [0.25, 0.3) is 0 Å². The van der Waals surface area contributed by atoms with Gasteiger partial charge in [-0.25, -0.2) is 8.42 Å². The molecule has 0 aromatic heterocycles. The van der Waals surface area contributed by atoms with E-state index < -0.39 is 168 Å². The molecule has 1 aromatic rings. The number of aliphatic hydroxyl groups is 8. The van der Waals surface area contributed by atoms with Gasteiger partial charge in [0.1, 0.15) is 73.1 Å². The molecule has 27 nitrogen and oxygen atoms in total. The summed E-state index contributed by atoms with van der Waals surface area (Å²) in [5.41, 5.74) is -0.655. The Morgan fingerprint density at radius 1 is 0.918 bits per heavy atom. The first-order chi connectivity index (χ1) is 27.5. The molecule has 16 unspecified atom stereocenters. The summed E-state index contributed by atoms with van der Waals surface area (Å²) in [7, 11) is -5.40. The Balaban J connectivity index is 0.00000641. The number of nitro benzene ring substituents is 1. The topological polar surface area (TPSA) is 425 Å². The van der Waals surface area contributed by atoms with E-state index in [1.807, 2.05) is 0 Å². The van der Waals surface area contributed by atoms with Crippen LogP contribution in [0.3, 0.4) is 0 Å². The smallest absolute Gasteiger partial charge is 0.726 e. The molecule has 0 bridgehead atoms. The van der Waals surface area contributed by atoms with Crippen LogP contribution in [0.15, 0.2) is 24.3 Å². The van der Waals surface area contributed by atoms with Crippen LogP contribution in [0.1, 0.15) is 20.3 Å². The zero-order valence-electron chi connectivity index (χ0n) is 32.8. The summed E-state index contributed by atoms with van der Waals surface area (Å²) in [5, 5.41) is 114. The number of nitrogens with zero attached hydrogens (tertiary/aromatic N) is 1. The van der Waals surface area contributed by atoms with E-state index in [2.05, 4.69) is 14.8 Å². The third kappa shape index (κ3) is 13.8. The molecule has 3 fully saturated rings. The normalized spacial score (nSPS) is 35.0. The molecule has 2 amide bonds. The van der Waals surface area contributed by atoms with E-state index in [4.69, 9.17) is 28.4 Å². The largest absolute Gasteiger partial charge is 1.00 e. The number of carboxylic acid groups (broad SMARTS) is 1. The zero-order chi connectivity index (χ0) is 44.1. The number of amides is 2. The predicted octanol–water partition coefficient (Wildman–Crippen LogP) is -13.9. The van der Waals surface area contributed by atoms with Crippen LogP contribution >= 0.6 is 0 Å². The second-order valence-electron chi connectivity index (χ2n) is 13.6. The molecule has 3 heterocycles. The number of hydrogen-bond donors (Lipinski definition) is 10. The number of aliphatic carboxylic acids is 1. The Morgan fingerprint density at radius 3 is 2.05 bits per heavy atom. The molecule has 30 heteroatoms. The molecule has 0 radical (unpaired) electrons. The second kappa shape index (κ2) is 23.4. The quantitative estimate of drug-likeness (QED) is 0.0228. The average Bonchev–Trinajstić information content (AvgIpc) is 3.15. The number of carbonyl (C=O) groups excluding carboxylic acids is 3. The summed E-state index contributed by atoms with van der Waals surface area (Å²) in [4.78, 5) is 48.1. The Bertz CT molecular complexity index is 1770. The summed E-state index contributed by atoms with van der Waals surface area (Å²) in [5.74, 6) is -7.54. The molecule has 4 rings (SSSR count). The molecular weight excluding hydrogens is 876 g/mol. The van der Waals surface area contributed by atoms with Crippen LogP contribution in [0, 0.1) is 10.1 Å². The summed E-state index contributed by atoms with van der Waals surface area (Å²) in [6, 6.07) is 1.26. The minimum atomic E-state index is -5.40. The third-order valence-corrected chi connectivity index (χ3v) is 9.76. The Kier molecular flexibility index (Phi) is 21.2. The minimum Gasteiger partial charge on any atom is -0.726 e. The molecule has 3 saturated heterocycles. The maximum absolute atomic E-state index is 12.7. The van der Waals surface area contributed by atoms with Gasteiger partial charge in [0, 0.05) is 26.3 Å². The van der Waals surface area contributed by atoms with Gasteiger partial charge in [0.05, 0.1) is 36.9 Å². The number of ether oxygens (including phenoxy) is 6. The van der Waals surface area contributed by atoms with Gasteiger partial charge in [0.2, 0.25) is 34.3 Å². The molecule has 0 aliphatic carbocycles. The molecule has 61 heavy (non-hydrogen) atoms. The number of aliphatic hydroxyl groups excluding tert-OH is 8. The van der Waals surface area contributed by atoms with Gasteiger partial charge in [-0.05, 0) is 6.07 Å². The number of rotatable bonds is 17. The first kappa shape index (κ1) is 55.3. The van der Waals surface area contributed by atoms with Crippen LogP contribution in [-0.4, -0.2) is 194 Å². The Labute approximate surface area is 389 Å².